The van der Waals surface area contributed by atoms with E-state index in [-0.39, 0.29) is 0 Å². The van der Waals surface area contributed by atoms with Gasteiger partial charge in [0.25, 0.3) is 0 Å². The fourth-order valence-electron chi connectivity index (χ4n) is 3.30. The lowest BCUT2D eigenvalue weighted by Gasteiger charge is -2.31. The van der Waals surface area contributed by atoms with Crippen LogP contribution in [-0.2, 0) is 12.8 Å². The summed E-state index contributed by atoms with van der Waals surface area (Å²) in [6, 6.07) is 9.27. The summed E-state index contributed by atoms with van der Waals surface area (Å²) in [5.74, 6) is 1.77. The Balaban J connectivity index is 1.96. The van der Waals surface area contributed by atoms with Gasteiger partial charge < -0.3 is 5.32 Å². The summed E-state index contributed by atoms with van der Waals surface area (Å²) < 4.78 is 0. The van der Waals surface area contributed by atoms with Crippen molar-refractivity contribution in [1.29, 1.82) is 0 Å². The lowest BCUT2D eigenvalue weighted by Crippen LogP contribution is -2.30. The monoisotopic (exact) mass is 245 g/mol. The van der Waals surface area contributed by atoms with Gasteiger partial charge in [0.15, 0.2) is 0 Å². The number of aryl methyl sites for hydroxylation is 1. The molecule has 0 heterocycles. The quantitative estimate of drug-likeness (QED) is 0.831. The molecular weight excluding hydrogens is 218 g/mol. The molecule has 0 aliphatic heterocycles. The molecule has 18 heavy (non-hydrogen) atoms. The van der Waals surface area contributed by atoms with Gasteiger partial charge in [-0.3, -0.25) is 0 Å². The van der Waals surface area contributed by atoms with Gasteiger partial charge in [0.2, 0.25) is 0 Å². The summed E-state index contributed by atoms with van der Waals surface area (Å²) in [6.45, 7) is 3.41. The van der Waals surface area contributed by atoms with E-state index in [9.17, 15) is 0 Å². The van der Waals surface area contributed by atoms with Gasteiger partial charge in [-0.15, -0.1) is 0 Å². The van der Waals surface area contributed by atoms with Crippen LogP contribution in [0.25, 0.3) is 0 Å². The Labute approximate surface area is 112 Å². The summed E-state index contributed by atoms with van der Waals surface area (Å²) in [5.41, 5.74) is 2.98. The summed E-state index contributed by atoms with van der Waals surface area (Å²) in [5, 5.41) is 3.37. The minimum absolute atomic E-state index is 0.884. The van der Waals surface area contributed by atoms with Gasteiger partial charge in [-0.05, 0) is 62.2 Å². The van der Waals surface area contributed by atoms with E-state index in [0.29, 0.717) is 0 Å². The fraction of sp³-hybridized carbons (Fsp3) is 0.647. The van der Waals surface area contributed by atoms with E-state index in [2.05, 4.69) is 43.6 Å². The SMILES string of the molecule is CCc1ccc(CC2CCCCC2CNC)cc1. The third-order valence-corrected chi connectivity index (χ3v) is 4.46. The number of benzene rings is 1. The second-order valence-electron chi connectivity index (χ2n) is 5.74. The predicted molar refractivity (Wildman–Crippen MR) is 78.9 cm³/mol. The largest absolute Gasteiger partial charge is 0.319 e. The van der Waals surface area contributed by atoms with Crippen molar-refractivity contribution < 1.29 is 0 Å². The number of nitrogens with one attached hydrogen (secondary N) is 1. The van der Waals surface area contributed by atoms with Gasteiger partial charge in [0.1, 0.15) is 0 Å². The van der Waals surface area contributed by atoms with Crippen LogP contribution in [0.2, 0.25) is 0 Å². The number of rotatable bonds is 5. The zero-order chi connectivity index (χ0) is 12.8. The van der Waals surface area contributed by atoms with Crippen LogP contribution in [0, 0.1) is 11.8 Å². The maximum absolute atomic E-state index is 3.37. The first-order valence-electron chi connectivity index (χ1n) is 7.56. The molecule has 0 aromatic heterocycles. The molecular formula is C17H27N. The van der Waals surface area contributed by atoms with E-state index >= 15 is 0 Å². The highest BCUT2D eigenvalue weighted by molar-refractivity contribution is 5.23. The molecule has 1 heteroatoms. The highest BCUT2D eigenvalue weighted by atomic mass is 14.8. The Morgan fingerprint density at radius 1 is 1.00 bits per heavy atom. The third-order valence-electron chi connectivity index (χ3n) is 4.46. The predicted octanol–water partition coefficient (Wildman–Crippen LogP) is 3.82. The zero-order valence-corrected chi connectivity index (χ0v) is 11.9. The molecule has 2 unspecified atom stereocenters. The van der Waals surface area contributed by atoms with Gasteiger partial charge in [0.05, 0.1) is 0 Å². The van der Waals surface area contributed by atoms with Crippen molar-refractivity contribution in [3.63, 3.8) is 0 Å². The van der Waals surface area contributed by atoms with Crippen molar-refractivity contribution in [3.8, 4) is 0 Å². The molecule has 1 aromatic rings. The molecule has 1 aliphatic rings. The Hall–Kier alpha value is -0.820. The molecule has 0 radical (unpaired) electrons. The highest BCUT2D eigenvalue weighted by Crippen LogP contribution is 2.32. The average molecular weight is 245 g/mol. The molecule has 0 saturated heterocycles. The maximum Gasteiger partial charge on any atom is -0.00208 e. The van der Waals surface area contributed by atoms with Crippen LogP contribution in [0.15, 0.2) is 24.3 Å². The number of hydrogen-bond donors (Lipinski definition) is 1. The fourth-order valence-corrected chi connectivity index (χ4v) is 3.30. The second kappa shape index (κ2) is 6.94. The van der Waals surface area contributed by atoms with Crippen molar-refractivity contribution in [3.05, 3.63) is 35.4 Å². The minimum Gasteiger partial charge on any atom is -0.319 e. The molecule has 1 aromatic carbocycles. The van der Waals surface area contributed by atoms with Crippen LogP contribution >= 0.6 is 0 Å². The molecule has 1 aliphatic carbocycles. The van der Waals surface area contributed by atoms with E-state index in [4.69, 9.17) is 0 Å². The van der Waals surface area contributed by atoms with Gasteiger partial charge in [-0.2, -0.15) is 0 Å². The van der Waals surface area contributed by atoms with E-state index in [1.165, 1.54) is 49.8 Å². The van der Waals surface area contributed by atoms with Crippen LogP contribution in [0.1, 0.15) is 43.7 Å². The Kier molecular flexibility index (Phi) is 5.25. The first-order valence-corrected chi connectivity index (χ1v) is 7.56. The maximum atomic E-state index is 3.37. The minimum atomic E-state index is 0.884. The van der Waals surface area contributed by atoms with Crippen LogP contribution in [0.4, 0.5) is 0 Å². The highest BCUT2D eigenvalue weighted by Gasteiger charge is 2.24. The summed E-state index contributed by atoms with van der Waals surface area (Å²) in [4.78, 5) is 0. The van der Waals surface area contributed by atoms with Gasteiger partial charge in [0, 0.05) is 0 Å². The van der Waals surface area contributed by atoms with Gasteiger partial charge >= 0.3 is 0 Å². The molecule has 2 rings (SSSR count). The van der Waals surface area contributed by atoms with Crippen molar-refractivity contribution in [2.75, 3.05) is 13.6 Å². The molecule has 2 atom stereocenters. The molecule has 0 bridgehead atoms. The summed E-state index contributed by atoms with van der Waals surface area (Å²) in [6.07, 6.45) is 8.11. The van der Waals surface area contributed by atoms with Crippen molar-refractivity contribution in [2.24, 2.45) is 11.8 Å². The zero-order valence-electron chi connectivity index (χ0n) is 11.9. The molecule has 0 spiro atoms. The Morgan fingerprint density at radius 3 is 2.22 bits per heavy atom. The molecule has 1 N–H and O–H groups in total. The normalized spacial score (nSPS) is 24.1. The molecule has 1 saturated carbocycles. The lowest BCUT2D eigenvalue weighted by molar-refractivity contribution is 0.232. The smallest absolute Gasteiger partial charge is 0.00208 e. The number of hydrogen-bond acceptors (Lipinski definition) is 1. The first kappa shape index (κ1) is 13.6. The standard InChI is InChI=1S/C17H27N/c1-3-14-8-10-15(11-9-14)12-16-6-4-5-7-17(16)13-18-2/h8-11,16-18H,3-7,12-13H2,1-2H3. The van der Waals surface area contributed by atoms with Crippen LogP contribution in [0.3, 0.4) is 0 Å². The second-order valence-corrected chi connectivity index (χ2v) is 5.74. The molecule has 1 nitrogen and oxygen atoms in total. The van der Waals surface area contributed by atoms with Crippen LogP contribution in [0.5, 0.6) is 0 Å². The van der Waals surface area contributed by atoms with Crippen molar-refractivity contribution in [1.82, 2.24) is 5.32 Å². The third kappa shape index (κ3) is 3.58. The Bertz CT molecular complexity index is 339. The summed E-state index contributed by atoms with van der Waals surface area (Å²) >= 11 is 0. The van der Waals surface area contributed by atoms with E-state index in [1.807, 2.05) is 0 Å². The topological polar surface area (TPSA) is 12.0 Å². The van der Waals surface area contributed by atoms with Crippen molar-refractivity contribution in [2.45, 2.75) is 45.4 Å². The molecule has 0 amide bonds. The Morgan fingerprint density at radius 2 is 1.61 bits per heavy atom. The summed E-state index contributed by atoms with van der Waals surface area (Å²) in [7, 11) is 2.09. The average Bonchev–Trinajstić information content (AvgIpc) is 2.42. The van der Waals surface area contributed by atoms with E-state index in [0.717, 1.165) is 18.3 Å². The van der Waals surface area contributed by atoms with Gasteiger partial charge in [-0.25, -0.2) is 0 Å². The molecule has 1 fully saturated rings. The van der Waals surface area contributed by atoms with Crippen molar-refractivity contribution >= 4 is 0 Å². The lowest BCUT2D eigenvalue weighted by atomic mass is 9.76. The van der Waals surface area contributed by atoms with E-state index < -0.39 is 0 Å². The van der Waals surface area contributed by atoms with E-state index in [1.54, 1.807) is 0 Å². The van der Waals surface area contributed by atoms with Gasteiger partial charge in [-0.1, -0.05) is 44.0 Å². The molecule has 100 valence electrons. The van der Waals surface area contributed by atoms with Crippen LogP contribution in [-0.4, -0.2) is 13.6 Å². The first-order chi connectivity index (χ1) is 8.83. The van der Waals surface area contributed by atoms with Crippen LogP contribution < -0.4 is 5.32 Å².